The SMILES string of the molecule is CCc1cc(C(=O)N2CCN3CCN(C)C(=O)C3C2)on1. The Bertz CT molecular complexity index is 556. The molecule has 1 unspecified atom stereocenters. The van der Waals surface area contributed by atoms with Gasteiger partial charge >= 0.3 is 0 Å². The van der Waals surface area contributed by atoms with E-state index in [1.54, 1.807) is 15.9 Å². The van der Waals surface area contributed by atoms with Gasteiger partial charge in [0.25, 0.3) is 5.91 Å². The maximum atomic E-state index is 12.4. The standard InChI is InChI=1S/C14H20N4O3/c1-3-10-8-12(21-15-10)14(20)18-7-6-17-5-4-16(2)13(19)11(17)9-18/h8,11H,3-7,9H2,1-2H3. The maximum absolute atomic E-state index is 12.4. The van der Waals surface area contributed by atoms with Gasteiger partial charge in [0.05, 0.1) is 5.69 Å². The number of aromatic nitrogens is 1. The molecule has 0 spiro atoms. The summed E-state index contributed by atoms with van der Waals surface area (Å²) in [6.45, 7) is 5.35. The average molecular weight is 292 g/mol. The molecule has 3 heterocycles. The highest BCUT2D eigenvalue weighted by Gasteiger charge is 2.39. The van der Waals surface area contributed by atoms with Crippen molar-refractivity contribution in [1.82, 2.24) is 19.9 Å². The number of fused-ring (bicyclic) bond motifs is 1. The fourth-order valence-corrected chi connectivity index (χ4v) is 2.88. The molecule has 0 N–H and O–H groups in total. The predicted molar refractivity (Wildman–Crippen MR) is 74.8 cm³/mol. The molecule has 3 rings (SSSR count). The molecule has 114 valence electrons. The smallest absolute Gasteiger partial charge is 0.292 e. The van der Waals surface area contributed by atoms with Crippen molar-refractivity contribution in [2.45, 2.75) is 19.4 Å². The first-order chi connectivity index (χ1) is 10.1. The van der Waals surface area contributed by atoms with Crippen LogP contribution in [0.5, 0.6) is 0 Å². The average Bonchev–Trinajstić information content (AvgIpc) is 2.99. The molecule has 0 bridgehead atoms. The van der Waals surface area contributed by atoms with Crippen LogP contribution in [0.25, 0.3) is 0 Å². The van der Waals surface area contributed by atoms with Gasteiger partial charge in [0.2, 0.25) is 11.7 Å². The highest BCUT2D eigenvalue weighted by Crippen LogP contribution is 2.18. The highest BCUT2D eigenvalue weighted by atomic mass is 16.5. The van der Waals surface area contributed by atoms with Gasteiger partial charge in [-0.05, 0) is 6.42 Å². The third-order valence-corrected chi connectivity index (χ3v) is 4.29. The van der Waals surface area contributed by atoms with Gasteiger partial charge in [-0.3, -0.25) is 14.5 Å². The second-order valence-corrected chi connectivity index (χ2v) is 5.60. The lowest BCUT2D eigenvalue weighted by Gasteiger charge is -2.45. The van der Waals surface area contributed by atoms with Crippen LogP contribution in [-0.2, 0) is 11.2 Å². The quantitative estimate of drug-likeness (QED) is 0.757. The first-order valence-corrected chi connectivity index (χ1v) is 7.34. The van der Waals surface area contributed by atoms with Crippen LogP contribution in [0.4, 0.5) is 0 Å². The van der Waals surface area contributed by atoms with Crippen LogP contribution in [0.2, 0.25) is 0 Å². The molecule has 2 fully saturated rings. The third kappa shape index (κ3) is 2.53. The Labute approximate surface area is 123 Å². The number of likely N-dealkylation sites (N-methyl/N-ethyl adjacent to an activating group) is 1. The lowest BCUT2D eigenvalue weighted by Crippen LogP contribution is -2.64. The van der Waals surface area contributed by atoms with Crippen molar-refractivity contribution < 1.29 is 14.1 Å². The molecule has 1 aromatic rings. The molecular weight excluding hydrogens is 272 g/mol. The van der Waals surface area contributed by atoms with Crippen molar-refractivity contribution in [2.75, 3.05) is 39.8 Å². The van der Waals surface area contributed by atoms with Crippen LogP contribution < -0.4 is 0 Å². The van der Waals surface area contributed by atoms with E-state index in [4.69, 9.17) is 4.52 Å². The lowest BCUT2D eigenvalue weighted by molar-refractivity contribution is -0.142. The molecule has 0 aliphatic carbocycles. The molecule has 2 saturated heterocycles. The molecule has 2 amide bonds. The summed E-state index contributed by atoms with van der Waals surface area (Å²) in [6, 6.07) is 1.46. The van der Waals surface area contributed by atoms with Gasteiger partial charge in [0, 0.05) is 45.8 Å². The monoisotopic (exact) mass is 292 g/mol. The molecule has 0 radical (unpaired) electrons. The molecular formula is C14H20N4O3. The summed E-state index contributed by atoms with van der Waals surface area (Å²) < 4.78 is 5.10. The maximum Gasteiger partial charge on any atom is 0.292 e. The van der Waals surface area contributed by atoms with Gasteiger partial charge in [0.1, 0.15) is 6.04 Å². The summed E-state index contributed by atoms with van der Waals surface area (Å²) >= 11 is 0. The van der Waals surface area contributed by atoms with Gasteiger partial charge in [-0.1, -0.05) is 12.1 Å². The van der Waals surface area contributed by atoms with E-state index in [-0.39, 0.29) is 23.6 Å². The van der Waals surface area contributed by atoms with Crippen molar-refractivity contribution in [1.29, 1.82) is 0 Å². The van der Waals surface area contributed by atoms with Gasteiger partial charge in [-0.15, -0.1) is 0 Å². The van der Waals surface area contributed by atoms with E-state index in [0.29, 0.717) is 13.1 Å². The van der Waals surface area contributed by atoms with E-state index in [1.807, 2.05) is 14.0 Å². The minimum Gasteiger partial charge on any atom is -0.351 e. The Morgan fingerprint density at radius 2 is 2.14 bits per heavy atom. The number of nitrogens with zero attached hydrogens (tertiary/aromatic N) is 4. The Balaban J connectivity index is 1.72. The van der Waals surface area contributed by atoms with Crippen LogP contribution in [-0.4, -0.2) is 77.5 Å². The van der Waals surface area contributed by atoms with Gasteiger partial charge < -0.3 is 14.3 Å². The Morgan fingerprint density at radius 1 is 1.38 bits per heavy atom. The van der Waals surface area contributed by atoms with E-state index in [2.05, 4.69) is 10.1 Å². The lowest BCUT2D eigenvalue weighted by atomic mass is 10.1. The molecule has 7 nitrogen and oxygen atoms in total. The van der Waals surface area contributed by atoms with Crippen molar-refractivity contribution in [3.05, 3.63) is 17.5 Å². The Morgan fingerprint density at radius 3 is 2.86 bits per heavy atom. The first kappa shape index (κ1) is 14.1. The van der Waals surface area contributed by atoms with Crippen LogP contribution in [0.15, 0.2) is 10.6 Å². The Kier molecular flexibility index (Phi) is 3.67. The van der Waals surface area contributed by atoms with Crippen LogP contribution in [0.3, 0.4) is 0 Å². The van der Waals surface area contributed by atoms with Gasteiger partial charge in [-0.2, -0.15) is 0 Å². The second-order valence-electron chi connectivity index (χ2n) is 5.60. The second kappa shape index (κ2) is 5.48. The Hall–Kier alpha value is -1.89. The molecule has 7 heteroatoms. The van der Waals surface area contributed by atoms with Crippen LogP contribution in [0.1, 0.15) is 23.2 Å². The van der Waals surface area contributed by atoms with Crippen molar-refractivity contribution in [2.24, 2.45) is 0 Å². The summed E-state index contributed by atoms with van der Waals surface area (Å²) in [6.07, 6.45) is 0.733. The molecule has 21 heavy (non-hydrogen) atoms. The van der Waals surface area contributed by atoms with Gasteiger partial charge in [0.15, 0.2) is 0 Å². The van der Waals surface area contributed by atoms with E-state index in [0.717, 1.165) is 31.7 Å². The van der Waals surface area contributed by atoms with Crippen molar-refractivity contribution >= 4 is 11.8 Å². The summed E-state index contributed by atoms with van der Waals surface area (Å²) in [5.41, 5.74) is 0.769. The molecule has 2 aliphatic rings. The largest absolute Gasteiger partial charge is 0.351 e. The number of amides is 2. The van der Waals surface area contributed by atoms with Crippen LogP contribution in [0, 0.1) is 0 Å². The zero-order chi connectivity index (χ0) is 15.0. The fraction of sp³-hybridized carbons (Fsp3) is 0.643. The van der Waals surface area contributed by atoms with Crippen LogP contribution >= 0.6 is 0 Å². The number of hydrogen-bond donors (Lipinski definition) is 0. The third-order valence-electron chi connectivity index (χ3n) is 4.29. The number of carbonyl (C=O) groups excluding carboxylic acids is 2. The summed E-state index contributed by atoms with van der Waals surface area (Å²) in [4.78, 5) is 30.2. The number of rotatable bonds is 2. The molecule has 2 aliphatic heterocycles. The number of hydrogen-bond acceptors (Lipinski definition) is 5. The zero-order valence-corrected chi connectivity index (χ0v) is 12.4. The minimum atomic E-state index is -0.227. The molecule has 1 aromatic heterocycles. The van der Waals surface area contributed by atoms with E-state index in [9.17, 15) is 9.59 Å². The number of piperazine rings is 2. The van der Waals surface area contributed by atoms with Crippen molar-refractivity contribution in [3.8, 4) is 0 Å². The van der Waals surface area contributed by atoms with E-state index in [1.165, 1.54) is 0 Å². The molecule has 0 saturated carbocycles. The summed E-state index contributed by atoms with van der Waals surface area (Å²) in [5, 5.41) is 3.85. The predicted octanol–water partition coefficient (Wildman–Crippen LogP) is -0.165. The molecule has 1 atom stereocenters. The highest BCUT2D eigenvalue weighted by molar-refractivity contribution is 5.92. The topological polar surface area (TPSA) is 69.9 Å². The first-order valence-electron chi connectivity index (χ1n) is 7.34. The molecule has 0 aromatic carbocycles. The number of aryl methyl sites for hydroxylation is 1. The minimum absolute atomic E-state index is 0.0885. The normalized spacial score (nSPS) is 23.3. The van der Waals surface area contributed by atoms with Gasteiger partial charge in [-0.25, -0.2) is 0 Å². The van der Waals surface area contributed by atoms with E-state index < -0.39 is 0 Å². The summed E-state index contributed by atoms with van der Waals surface area (Å²) in [7, 11) is 1.81. The van der Waals surface area contributed by atoms with Crippen molar-refractivity contribution in [3.63, 3.8) is 0 Å². The fourth-order valence-electron chi connectivity index (χ4n) is 2.88. The number of carbonyl (C=O) groups is 2. The van der Waals surface area contributed by atoms with E-state index >= 15 is 0 Å². The summed E-state index contributed by atoms with van der Waals surface area (Å²) in [5.74, 6) is 0.172. The zero-order valence-electron chi connectivity index (χ0n) is 12.4.